The largest absolute Gasteiger partial charge is 0.481 e. The van der Waals surface area contributed by atoms with Crippen LogP contribution in [0.1, 0.15) is 17.2 Å². The van der Waals surface area contributed by atoms with Crippen molar-refractivity contribution in [3.05, 3.63) is 47.9 Å². The van der Waals surface area contributed by atoms with Gasteiger partial charge in [-0.3, -0.25) is 4.98 Å². The molecule has 6 nitrogen and oxygen atoms in total. The van der Waals surface area contributed by atoms with Crippen molar-refractivity contribution in [1.29, 1.82) is 0 Å². The second-order valence-corrected chi connectivity index (χ2v) is 6.34. The predicted molar refractivity (Wildman–Crippen MR) is 91.4 cm³/mol. The maximum atomic E-state index is 13.1. The van der Waals surface area contributed by atoms with E-state index >= 15 is 0 Å². The van der Waals surface area contributed by atoms with E-state index in [0.29, 0.717) is 24.1 Å². The first-order valence-corrected chi connectivity index (χ1v) is 8.26. The highest BCUT2D eigenvalue weighted by atomic mass is 19.4. The van der Waals surface area contributed by atoms with Gasteiger partial charge in [0.05, 0.1) is 12.6 Å². The fourth-order valence-corrected chi connectivity index (χ4v) is 3.26. The summed E-state index contributed by atoms with van der Waals surface area (Å²) in [5.41, 5.74) is 1.32. The highest BCUT2D eigenvalue weighted by Gasteiger charge is 2.35. The highest BCUT2D eigenvalue weighted by Crippen LogP contribution is 2.35. The molecule has 27 heavy (non-hydrogen) atoms. The van der Waals surface area contributed by atoms with Gasteiger partial charge >= 0.3 is 13.3 Å². The molecule has 1 aliphatic rings. The van der Waals surface area contributed by atoms with Crippen molar-refractivity contribution in [3.63, 3.8) is 0 Å². The molecule has 0 spiro atoms. The van der Waals surface area contributed by atoms with Crippen LogP contribution in [0.2, 0.25) is 6.32 Å². The van der Waals surface area contributed by atoms with Gasteiger partial charge in [0.1, 0.15) is 0 Å². The topological polar surface area (TPSA) is 68.9 Å². The summed E-state index contributed by atoms with van der Waals surface area (Å²) in [5.74, 6) is 0.179. The molecule has 140 valence electrons. The van der Waals surface area contributed by atoms with Crippen molar-refractivity contribution < 1.29 is 27.6 Å². The molecule has 1 atom stereocenters. The summed E-state index contributed by atoms with van der Waals surface area (Å²) in [4.78, 5) is 4.22. The fourth-order valence-electron chi connectivity index (χ4n) is 3.26. The van der Waals surface area contributed by atoms with Gasteiger partial charge in [0.15, 0.2) is 5.69 Å². The molecule has 0 aliphatic carbocycles. The Hall–Kier alpha value is -2.59. The SMILES string of the molecule is COc1ccc(-c2cncc(C3COB(O)C3)c2)c2cc(C(F)(F)F)nn12. The summed E-state index contributed by atoms with van der Waals surface area (Å²) in [6.07, 6.45) is -0.856. The Kier molecular flexibility index (Phi) is 4.31. The minimum Gasteiger partial charge on any atom is -0.481 e. The number of aromatic nitrogens is 3. The zero-order valence-electron chi connectivity index (χ0n) is 14.3. The first-order valence-electron chi connectivity index (χ1n) is 8.26. The van der Waals surface area contributed by atoms with Crippen LogP contribution in [-0.4, -0.2) is 40.5 Å². The summed E-state index contributed by atoms with van der Waals surface area (Å²) in [6, 6.07) is 6.08. The van der Waals surface area contributed by atoms with E-state index in [0.717, 1.165) is 16.1 Å². The molecule has 4 heterocycles. The molecule has 1 N–H and O–H groups in total. The van der Waals surface area contributed by atoms with Crippen LogP contribution in [0.25, 0.3) is 16.6 Å². The molecule has 10 heteroatoms. The summed E-state index contributed by atoms with van der Waals surface area (Å²) in [7, 11) is 0.562. The third-order valence-corrected chi connectivity index (χ3v) is 4.60. The van der Waals surface area contributed by atoms with Crippen molar-refractivity contribution in [1.82, 2.24) is 14.6 Å². The molecule has 1 unspecified atom stereocenters. The molecule has 0 saturated carbocycles. The number of hydrogen-bond acceptors (Lipinski definition) is 5. The number of rotatable bonds is 3. The average Bonchev–Trinajstić information content (AvgIpc) is 3.27. The van der Waals surface area contributed by atoms with Gasteiger partial charge in [-0.25, -0.2) is 0 Å². The van der Waals surface area contributed by atoms with Crippen LogP contribution in [0.3, 0.4) is 0 Å². The van der Waals surface area contributed by atoms with Crippen molar-refractivity contribution >= 4 is 12.6 Å². The maximum absolute atomic E-state index is 13.1. The Morgan fingerprint density at radius 1 is 1.30 bits per heavy atom. The van der Waals surface area contributed by atoms with Crippen LogP contribution >= 0.6 is 0 Å². The Bertz CT molecular complexity index is 992. The lowest BCUT2D eigenvalue weighted by molar-refractivity contribution is -0.141. The second kappa shape index (κ2) is 6.54. The van der Waals surface area contributed by atoms with Crippen molar-refractivity contribution in [2.24, 2.45) is 0 Å². The van der Waals surface area contributed by atoms with Gasteiger partial charge < -0.3 is 14.4 Å². The highest BCUT2D eigenvalue weighted by molar-refractivity contribution is 6.43. The number of ether oxygens (including phenoxy) is 1. The molecule has 4 rings (SSSR count). The molecule has 0 amide bonds. The van der Waals surface area contributed by atoms with Crippen LogP contribution in [0, 0.1) is 0 Å². The van der Waals surface area contributed by atoms with Crippen molar-refractivity contribution in [2.45, 2.75) is 18.4 Å². The number of halogens is 3. The van der Waals surface area contributed by atoms with Gasteiger partial charge in [-0.15, -0.1) is 0 Å². The smallest absolute Gasteiger partial charge is 0.454 e. The molecule has 1 aliphatic heterocycles. The zero-order chi connectivity index (χ0) is 19.2. The molecule has 1 fully saturated rings. The monoisotopic (exact) mass is 377 g/mol. The fraction of sp³-hybridized carbons (Fsp3) is 0.294. The Labute approximate surface area is 152 Å². The molecule has 3 aromatic heterocycles. The van der Waals surface area contributed by atoms with Crippen LogP contribution in [0.15, 0.2) is 36.7 Å². The Morgan fingerprint density at radius 2 is 2.11 bits per heavy atom. The minimum atomic E-state index is -4.56. The summed E-state index contributed by atoms with van der Waals surface area (Å²) >= 11 is 0. The van der Waals surface area contributed by atoms with E-state index in [2.05, 4.69) is 10.1 Å². The number of pyridine rings is 2. The molecular weight excluding hydrogens is 362 g/mol. The van der Waals surface area contributed by atoms with E-state index in [9.17, 15) is 18.2 Å². The number of methoxy groups -OCH3 is 1. The lowest BCUT2D eigenvalue weighted by Crippen LogP contribution is -2.07. The van der Waals surface area contributed by atoms with Crippen LogP contribution < -0.4 is 4.74 Å². The molecule has 1 saturated heterocycles. The second-order valence-electron chi connectivity index (χ2n) is 6.34. The van der Waals surface area contributed by atoms with E-state index < -0.39 is 19.0 Å². The quantitative estimate of drug-likeness (QED) is 0.711. The summed E-state index contributed by atoms with van der Waals surface area (Å²) < 4.78 is 50.8. The van der Waals surface area contributed by atoms with E-state index in [1.165, 1.54) is 7.11 Å². The van der Waals surface area contributed by atoms with Gasteiger partial charge in [0, 0.05) is 42.1 Å². The van der Waals surface area contributed by atoms with E-state index in [1.54, 1.807) is 24.5 Å². The molecule has 0 aromatic carbocycles. The molecular formula is C17H15BF3N3O3. The van der Waals surface area contributed by atoms with Gasteiger partial charge in [0.25, 0.3) is 0 Å². The lowest BCUT2D eigenvalue weighted by atomic mass is 9.80. The van der Waals surface area contributed by atoms with Gasteiger partial charge in [-0.2, -0.15) is 22.8 Å². The van der Waals surface area contributed by atoms with E-state index in [1.807, 2.05) is 6.07 Å². The first-order chi connectivity index (χ1) is 12.9. The summed E-state index contributed by atoms with van der Waals surface area (Å²) in [5, 5.41) is 13.2. The maximum Gasteiger partial charge on any atom is 0.454 e. The number of fused-ring (bicyclic) bond motifs is 1. The number of alkyl halides is 3. The van der Waals surface area contributed by atoms with Gasteiger partial charge in [-0.05, 0) is 30.1 Å². The minimum absolute atomic E-state index is 0.0163. The number of nitrogens with zero attached hydrogens (tertiary/aromatic N) is 3. The molecule has 0 bridgehead atoms. The van der Waals surface area contributed by atoms with Gasteiger partial charge in [-0.1, -0.05) is 0 Å². The Balaban J connectivity index is 1.83. The van der Waals surface area contributed by atoms with Crippen molar-refractivity contribution in [3.8, 4) is 17.0 Å². The van der Waals surface area contributed by atoms with E-state index in [4.69, 9.17) is 9.39 Å². The normalized spacial score (nSPS) is 17.7. The summed E-state index contributed by atoms with van der Waals surface area (Å²) in [6.45, 7) is 0.370. The Morgan fingerprint density at radius 3 is 2.78 bits per heavy atom. The zero-order valence-corrected chi connectivity index (χ0v) is 14.3. The standard InChI is InChI=1S/C17H15BF3N3O3/c1-26-16-3-2-13(14-5-15(17(19,20)21)23-24(14)16)11-4-10(7-22-8-11)12-6-18(25)27-9-12/h2-5,7-8,12,25H,6,9H2,1H3. The average molecular weight is 377 g/mol. The molecule has 0 radical (unpaired) electrons. The number of hydrogen-bond donors (Lipinski definition) is 1. The predicted octanol–water partition coefficient (Wildman–Crippen LogP) is 3.02. The lowest BCUT2D eigenvalue weighted by Gasteiger charge is -2.11. The molecule has 3 aromatic rings. The van der Waals surface area contributed by atoms with Crippen LogP contribution in [0.4, 0.5) is 13.2 Å². The third kappa shape index (κ3) is 3.26. The van der Waals surface area contributed by atoms with Crippen molar-refractivity contribution in [2.75, 3.05) is 13.7 Å². The third-order valence-electron chi connectivity index (χ3n) is 4.60. The van der Waals surface area contributed by atoms with Gasteiger partial charge in [0.2, 0.25) is 5.88 Å². The first kappa shape index (κ1) is 17.8. The van der Waals surface area contributed by atoms with E-state index in [-0.39, 0.29) is 17.3 Å². The van der Waals surface area contributed by atoms with Crippen LogP contribution in [0.5, 0.6) is 5.88 Å². The van der Waals surface area contributed by atoms with Crippen LogP contribution in [-0.2, 0) is 10.8 Å².